The zero-order chi connectivity index (χ0) is 17.5. The van der Waals surface area contributed by atoms with Gasteiger partial charge >= 0.3 is 6.18 Å². The van der Waals surface area contributed by atoms with Crippen LogP contribution >= 0.6 is 24.0 Å². The Morgan fingerprint density at radius 3 is 2.54 bits per heavy atom. The molecule has 0 aliphatic heterocycles. The Bertz CT molecular complexity index is 504. The second-order valence-electron chi connectivity index (χ2n) is 5.24. The average molecular weight is 463 g/mol. The molecule has 140 valence electrons. The van der Waals surface area contributed by atoms with Gasteiger partial charge in [-0.25, -0.2) is 4.98 Å². The maximum absolute atomic E-state index is 12.3. The van der Waals surface area contributed by atoms with Crippen LogP contribution in [-0.4, -0.2) is 77.0 Å². The van der Waals surface area contributed by atoms with Gasteiger partial charge in [-0.05, 0) is 14.0 Å². The van der Waals surface area contributed by atoms with Crippen LogP contribution in [0.15, 0.2) is 11.3 Å². The highest BCUT2D eigenvalue weighted by Gasteiger charge is 2.28. The van der Waals surface area contributed by atoms with E-state index in [1.165, 1.54) is 18.3 Å². The van der Waals surface area contributed by atoms with E-state index >= 15 is 0 Å². The van der Waals surface area contributed by atoms with Gasteiger partial charge in [0.2, 0.25) is 0 Å². The van der Waals surface area contributed by atoms with Crippen molar-refractivity contribution < 1.29 is 13.2 Å². The first-order valence-electron chi connectivity index (χ1n) is 7.30. The summed E-state index contributed by atoms with van der Waals surface area (Å²) >= 11 is 0. The highest BCUT2D eigenvalue weighted by Crippen LogP contribution is 2.15. The lowest BCUT2D eigenvalue weighted by molar-refractivity contribution is -0.142. The molecule has 11 heteroatoms. The predicted molar refractivity (Wildman–Crippen MR) is 97.4 cm³/mol. The molecule has 0 saturated carbocycles. The molecule has 0 aromatic carbocycles. The number of hydrogen-bond donors (Lipinski definition) is 1. The third-order valence-electron chi connectivity index (χ3n) is 3.07. The molecule has 1 rings (SSSR count). The van der Waals surface area contributed by atoms with Crippen molar-refractivity contribution in [3.8, 4) is 0 Å². The van der Waals surface area contributed by atoms with Crippen LogP contribution < -0.4 is 5.32 Å². The fourth-order valence-corrected chi connectivity index (χ4v) is 1.93. The monoisotopic (exact) mass is 463 g/mol. The Kier molecular flexibility index (Phi) is 10.2. The van der Waals surface area contributed by atoms with Gasteiger partial charge in [0.05, 0.1) is 19.6 Å². The highest BCUT2D eigenvalue weighted by atomic mass is 127. The molecule has 0 radical (unpaired) electrons. The number of hydrogen-bond acceptors (Lipinski definition) is 4. The van der Waals surface area contributed by atoms with Crippen LogP contribution in [0.3, 0.4) is 0 Å². The van der Waals surface area contributed by atoms with Crippen molar-refractivity contribution in [3.63, 3.8) is 0 Å². The van der Waals surface area contributed by atoms with E-state index in [2.05, 4.69) is 20.4 Å². The van der Waals surface area contributed by atoms with Crippen LogP contribution in [0.25, 0.3) is 0 Å². The molecule has 0 atom stereocenters. The number of guanidine groups is 1. The fourth-order valence-electron chi connectivity index (χ4n) is 1.93. The molecule has 1 aromatic heterocycles. The molecule has 0 aliphatic rings. The largest absolute Gasteiger partial charge is 0.401 e. The normalized spacial score (nSPS) is 12.2. The minimum Gasteiger partial charge on any atom is -0.357 e. The SMILES string of the molecule is CCNC(=NCCN(C)CC(F)(F)F)N(C)Cc1ncnn1C.I. The summed E-state index contributed by atoms with van der Waals surface area (Å²) in [6, 6.07) is 0. The minimum absolute atomic E-state index is 0. The molecule has 7 nitrogen and oxygen atoms in total. The van der Waals surface area contributed by atoms with Gasteiger partial charge in [-0.2, -0.15) is 18.3 Å². The van der Waals surface area contributed by atoms with Crippen molar-refractivity contribution in [1.82, 2.24) is 29.9 Å². The van der Waals surface area contributed by atoms with Crippen LogP contribution in [0.5, 0.6) is 0 Å². The van der Waals surface area contributed by atoms with E-state index in [-0.39, 0.29) is 37.1 Å². The van der Waals surface area contributed by atoms with E-state index in [0.29, 0.717) is 19.0 Å². The van der Waals surface area contributed by atoms with Crippen molar-refractivity contribution >= 4 is 29.9 Å². The van der Waals surface area contributed by atoms with E-state index < -0.39 is 12.7 Å². The Balaban J connectivity index is 0.00000529. The van der Waals surface area contributed by atoms with Crippen molar-refractivity contribution in [3.05, 3.63) is 12.2 Å². The van der Waals surface area contributed by atoms with Crippen LogP contribution in [0.4, 0.5) is 13.2 Å². The summed E-state index contributed by atoms with van der Waals surface area (Å²) < 4.78 is 38.5. The summed E-state index contributed by atoms with van der Waals surface area (Å²) in [5, 5.41) is 7.11. The molecule has 0 aliphatic carbocycles. The molecule has 0 spiro atoms. The molecule has 24 heavy (non-hydrogen) atoms. The molecular weight excluding hydrogens is 438 g/mol. The Morgan fingerprint density at radius 2 is 2.04 bits per heavy atom. The molecule has 0 bridgehead atoms. The summed E-state index contributed by atoms with van der Waals surface area (Å²) in [5.41, 5.74) is 0. The van der Waals surface area contributed by atoms with Crippen molar-refractivity contribution in [2.24, 2.45) is 12.0 Å². The maximum Gasteiger partial charge on any atom is 0.401 e. The zero-order valence-corrected chi connectivity index (χ0v) is 16.7. The van der Waals surface area contributed by atoms with Gasteiger partial charge in [-0.1, -0.05) is 0 Å². The third-order valence-corrected chi connectivity index (χ3v) is 3.07. The standard InChI is InChI=1S/C13H24F3N7.HI/c1-5-17-12(18-6-7-21(2)9-13(14,15)16)22(3)8-11-19-10-20-23(11)4;/h10H,5-9H2,1-4H3,(H,17,18);1H. The van der Waals surface area contributed by atoms with E-state index in [4.69, 9.17) is 0 Å². The summed E-state index contributed by atoms with van der Waals surface area (Å²) in [6.45, 7) is 2.67. The van der Waals surface area contributed by atoms with Gasteiger partial charge in [-0.15, -0.1) is 24.0 Å². The topological polar surface area (TPSA) is 61.6 Å². The predicted octanol–water partition coefficient (Wildman–Crippen LogP) is 1.32. The summed E-state index contributed by atoms with van der Waals surface area (Å²) in [4.78, 5) is 11.6. The number of rotatable bonds is 7. The Hall–Kier alpha value is -1.11. The van der Waals surface area contributed by atoms with Crippen molar-refractivity contribution in [2.75, 3.05) is 40.3 Å². The van der Waals surface area contributed by atoms with Gasteiger partial charge < -0.3 is 10.2 Å². The third kappa shape index (κ3) is 8.66. The number of aliphatic imine (C=N–C) groups is 1. The van der Waals surface area contributed by atoms with E-state index in [1.54, 1.807) is 11.7 Å². The molecular formula is C13H25F3IN7. The maximum atomic E-state index is 12.3. The van der Waals surface area contributed by atoms with Gasteiger partial charge in [0.25, 0.3) is 0 Å². The van der Waals surface area contributed by atoms with E-state index in [9.17, 15) is 13.2 Å². The van der Waals surface area contributed by atoms with E-state index in [1.807, 2.05) is 18.9 Å². The fraction of sp³-hybridized carbons (Fsp3) is 0.769. The summed E-state index contributed by atoms with van der Waals surface area (Å²) in [6.07, 6.45) is -2.72. The first kappa shape index (κ1) is 22.9. The number of alkyl halides is 3. The zero-order valence-electron chi connectivity index (χ0n) is 14.3. The molecule has 0 saturated heterocycles. The lowest BCUT2D eigenvalue weighted by Gasteiger charge is -2.22. The minimum atomic E-state index is -4.19. The summed E-state index contributed by atoms with van der Waals surface area (Å²) in [5.74, 6) is 1.39. The molecule has 1 heterocycles. The van der Waals surface area contributed by atoms with Gasteiger partial charge in [-0.3, -0.25) is 14.6 Å². The Morgan fingerprint density at radius 1 is 1.38 bits per heavy atom. The number of aryl methyl sites for hydroxylation is 1. The van der Waals surface area contributed by atoms with Crippen LogP contribution in [-0.2, 0) is 13.6 Å². The molecule has 0 unspecified atom stereocenters. The van der Waals surface area contributed by atoms with E-state index in [0.717, 1.165) is 5.82 Å². The molecule has 0 amide bonds. The average Bonchev–Trinajstić information content (AvgIpc) is 2.81. The van der Waals surface area contributed by atoms with Crippen LogP contribution in [0.2, 0.25) is 0 Å². The number of likely N-dealkylation sites (N-methyl/N-ethyl adjacent to an activating group) is 1. The molecule has 1 aromatic rings. The number of nitrogens with one attached hydrogen (secondary N) is 1. The van der Waals surface area contributed by atoms with Gasteiger partial charge in [0.15, 0.2) is 5.96 Å². The lowest BCUT2D eigenvalue weighted by atomic mass is 10.5. The molecule has 0 fully saturated rings. The smallest absolute Gasteiger partial charge is 0.357 e. The Labute approximate surface area is 157 Å². The van der Waals surface area contributed by atoms with Crippen molar-refractivity contribution in [1.29, 1.82) is 0 Å². The number of aromatic nitrogens is 3. The van der Waals surface area contributed by atoms with Gasteiger partial charge in [0.1, 0.15) is 12.2 Å². The van der Waals surface area contributed by atoms with Crippen LogP contribution in [0.1, 0.15) is 12.7 Å². The van der Waals surface area contributed by atoms with Crippen molar-refractivity contribution in [2.45, 2.75) is 19.6 Å². The first-order chi connectivity index (χ1) is 10.7. The summed E-state index contributed by atoms with van der Waals surface area (Å²) in [7, 11) is 5.07. The second kappa shape index (κ2) is 10.7. The quantitative estimate of drug-likeness (QED) is 0.376. The lowest BCUT2D eigenvalue weighted by Crippen LogP contribution is -2.40. The van der Waals surface area contributed by atoms with Gasteiger partial charge in [0, 0.05) is 27.2 Å². The number of nitrogens with zero attached hydrogens (tertiary/aromatic N) is 6. The molecule has 1 N–H and O–H groups in total. The van der Waals surface area contributed by atoms with Crippen LogP contribution in [0, 0.1) is 0 Å². The first-order valence-corrected chi connectivity index (χ1v) is 7.30. The highest BCUT2D eigenvalue weighted by molar-refractivity contribution is 14.0. The number of halogens is 4. The second-order valence-corrected chi connectivity index (χ2v) is 5.24.